The van der Waals surface area contributed by atoms with Gasteiger partial charge < -0.3 is 14.9 Å². The van der Waals surface area contributed by atoms with Gasteiger partial charge in [0.25, 0.3) is 0 Å². The van der Waals surface area contributed by atoms with Crippen molar-refractivity contribution < 1.29 is 24.5 Å². The number of rotatable bonds is 1. The molecule has 0 bridgehead atoms. The van der Waals surface area contributed by atoms with E-state index in [0.29, 0.717) is 12.8 Å². The van der Waals surface area contributed by atoms with Crippen LogP contribution < -0.4 is 0 Å². The first-order valence-electron chi connectivity index (χ1n) is 6.78. The molecule has 0 amide bonds. The first-order valence-corrected chi connectivity index (χ1v) is 6.78. The molecule has 3 rings (SSSR count). The monoisotopic (exact) mass is 268 g/mol. The van der Waals surface area contributed by atoms with E-state index in [2.05, 4.69) is 0 Å². The van der Waals surface area contributed by atoms with Gasteiger partial charge in [0.1, 0.15) is 16.8 Å². The average Bonchev–Trinajstić information content (AvgIpc) is 2.80. The van der Waals surface area contributed by atoms with Gasteiger partial charge in [0.2, 0.25) is 0 Å². The molecule has 1 heterocycles. The zero-order valence-corrected chi connectivity index (χ0v) is 11.5. The van der Waals surface area contributed by atoms with Crippen LogP contribution in [0.3, 0.4) is 0 Å². The number of Topliss-reactive ketones (excluding diaryl/α,β-unsaturated/α-hetero) is 1. The minimum Gasteiger partial charge on any atom is -0.458 e. The Morgan fingerprint density at radius 2 is 1.95 bits per heavy atom. The number of ketones is 1. The largest absolute Gasteiger partial charge is 0.458 e. The summed E-state index contributed by atoms with van der Waals surface area (Å²) in [5.74, 6) is -1.06. The minimum atomic E-state index is -1.37. The maximum Gasteiger partial charge on any atom is 0.307 e. The topological polar surface area (TPSA) is 83.8 Å². The minimum absolute atomic E-state index is 0.0707. The summed E-state index contributed by atoms with van der Waals surface area (Å²) in [6.45, 7) is 4.93. The third-order valence-electron chi connectivity index (χ3n) is 6.36. The van der Waals surface area contributed by atoms with Gasteiger partial charge in [-0.3, -0.25) is 9.59 Å². The highest BCUT2D eigenvalue weighted by Crippen LogP contribution is 2.72. The second-order valence-electron chi connectivity index (χ2n) is 6.81. The predicted molar refractivity (Wildman–Crippen MR) is 65.1 cm³/mol. The Morgan fingerprint density at radius 1 is 1.32 bits per heavy atom. The Bertz CT molecular complexity index is 488. The van der Waals surface area contributed by atoms with Crippen LogP contribution in [0.25, 0.3) is 0 Å². The fraction of sp³-hybridized carbons (Fsp3) is 0.857. The van der Waals surface area contributed by atoms with Crippen LogP contribution in [0.4, 0.5) is 0 Å². The van der Waals surface area contributed by atoms with Gasteiger partial charge in [0.05, 0.1) is 18.6 Å². The summed E-state index contributed by atoms with van der Waals surface area (Å²) in [5, 5.41) is 21.0. The Balaban J connectivity index is 2.27. The van der Waals surface area contributed by atoms with Gasteiger partial charge in [0, 0.05) is 11.3 Å². The number of aliphatic hydroxyl groups excluding tert-OH is 1. The first-order chi connectivity index (χ1) is 8.68. The molecule has 1 aliphatic heterocycles. The van der Waals surface area contributed by atoms with Gasteiger partial charge >= 0.3 is 5.97 Å². The molecule has 2 saturated carbocycles. The fourth-order valence-corrected chi connectivity index (χ4v) is 4.87. The maximum atomic E-state index is 12.8. The van der Waals surface area contributed by atoms with Gasteiger partial charge in [0.15, 0.2) is 0 Å². The Hall–Kier alpha value is -0.940. The third kappa shape index (κ3) is 1.00. The van der Waals surface area contributed by atoms with E-state index in [-0.39, 0.29) is 18.8 Å². The molecule has 5 heteroatoms. The van der Waals surface area contributed by atoms with Crippen molar-refractivity contribution in [2.24, 2.45) is 16.7 Å². The normalized spacial score (nSPS) is 56.2. The van der Waals surface area contributed by atoms with Crippen molar-refractivity contribution in [3.05, 3.63) is 0 Å². The molecule has 106 valence electrons. The molecule has 19 heavy (non-hydrogen) atoms. The second-order valence-corrected chi connectivity index (χ2v) is 6.81. The number of carbonyl (C=O) groups is 2. The molecule has 0 aromatic heterocycles. The summed E-state index contributed by atoms with van der Waals surface area (Å²) in [7, 11) is 0. The van der Waals surface area contributed by atoms with E-state index in [1.807, 2.05) is 0 Å². The lowest BCUT2D eigenvalue weighted by Gasteiger charge is -2.44. The average molecular weight is 268 g/mol. The number of ether oxygens (including phenoxy) is 1. The summed E-state index contributed by atoms with van der Waals surface area (Å²) in [5.41, 5.74) is -4.41. The van der Waals surface area contributed by atoms with E-state index in [4.69, 9.17) is 4.74 Å². The molecule has 0 unspecified atom stereocenters. The molecule has 2 N–H and O–H groups in total. The van der Waals surface area contributed by atoms with Crippen molar-refractivity contribution in [2.45, 2.75) is 51.2 Å². The van der Waals surface area contributed by atoms with Crippen molar-refractivity contribution >= 4 is 11.8 Å². The van der Waals surface area contributed by atoms with Crippen molar-refractivity contribution in [2.75, 3.05) is 6.61 Å². The molecular formula is C14H20O5. The zero-order valence-electron chi connectivity index (χ0n) is 11.5. The maximum absolute atomic E-state index is 12.8. The van der Waals surface area contributed by atoms with Gasteiger partial charge in [-0.05, 0) is 19.8 Å². The number of esters is 1. The van der Waals surface area contributed by atoms with Crippen LogP contribution in [0.2, 0.25) is 0 Å². The predicted octanol–water partition coefficient (Wildman–Crippen LogP) is 0.421. The molecule has 0 radical (unpaired) electrons. The summed E-state index contributed by atoms with van der Waals surface area (Å²) in [6.07, 6.45) is 0.770. The van der Waals surface area contributed by atoms with Crippen molar-refractivity contribution in [1.29, 1.82) is 0 Å². The summed E-state index contributed by atoms with van der Waals surface area (Å²) < 4.78 is 5.40. The van der Waals surface area contributed by atoms with Crippen LogP contribution >= 0.6 is 0 Å². The van der Waals surface area contributed by atoms with Crippen LogP contribution in [0.1, 0.15) is 40.0 Å². The molecule has 3 fully saturated rings. The molecule has 5 nitrogen and oxygen atoms in total. The lowest BCUT2D eigenvalue weighted by molar-refractivity contribution is -0.162. The first kappa shape index (κ1) is 13.1. The standard InChI is InChI=1S/C14H20O5/c1-8-10(17)13-6-9(16)19-12(13,3)4-5-14(13,18)11(8,2)7-15/h8,15,18H,4-7H2,1-3H3/t8-,11+,12-,13+,14-/m0/s1. The quantitative estimate of drug-likeness (QED) is 0.673. The molecule has 0 aromatic rings. The number of hydrogen-bond acceptors (Lipinski definition) is 5. The Labute approximate surface area is 111 Å². The second kappa shape index (κ2) is 3.20. The van der Waals surface area contributed by atoms with Crippen molar-refractivity contribution in [1.82, 2.24) is 0 Å². The van der Waals surface area contributed by atoms with Gasteiger partial charge in [-0.25, -0.2) is 0 Å². The molecular weight excluding hydrogens is 248 g/mol. The van der Waals surface area contributed by atoms with Gasteiger partial charge in [-0.2, -0.15) is 0 Å². The van der Waals surface area contributed by atoms with E-state index in [1.165, 1.54) is 0 Å². The molecule has 5 atom stereocenters. The Kier molecular flexibility index (Phi) is 2.20. The zero-order chi connectivity index (χ0) is 14.3. The highest BCUT2D eigenvalue weighted by molar-refractivity contribution is 5.99. The van der Waals surface area contributed by atoms with E-state index in [9.17, 15) is 19.8 Å². The number of carbonyl (C=O) groups excluding carboxylic acids is 2. The highest BCUT2D eigenvalue weighted by Gasteiger charge is 2.84. The lowest BCUT2D eigenvalue weighted by Crippen LogP contribution is -2.57. The number of hydrogen-bond donors (Lipinski definition) is 2. The molecule has 2 aliphatic carbocycles. The van der Waals surface area contributed by atoms with Crippen LogP contribution in [-0.2, 0) is 14.3 Å². The summed E-state index contributed by atoms with van der Waals surface area (Å²) in [4.78, 5) is 24.6. The molecule has 0 aromatic carbocycles. The van der Waals surface area contributed by atoms with Gasteiger partial charge in [-0.1, -0.05) is 13.8 Å². The SMILES string of the molecule is C[C@H]1C(=O)[C@]23CC(=O)O[C@@]2(C)CC[C@]3(O)[C@]1(C)CO. The number of aliphatic hydroxyl groups is 2. The summed E-state index contributed by atoms with van der Waals surface area (Å²) >= 11 is 0. The molecule has 3 aliphatic rings. The van der Waals surface area contributed by atoms with Crippen molar-refractivity contribution in [3.8, 4) is 0 Å². The lowest BCUT2D eigenvalue weighted by atomic mass is 9.63. The van der Waals surface area contributed by atoms with E-state index in [0.717, 1.165) is 0 Å². The van der Waals surface area contributed by atoms with Crippen molar-refractivity contribution in [3.63, 3.8) is 0 Å². The fourth-order valence-electron chi connectivity index (χ4n) is 4.87. The Morgan fingerprint density at radius 3 is 2.53 bits per heavy atom. The van der Waals surface area contributed by atoms with E-state index < -0.39 is 33.9 Å². The van der Waals surface area contributed by atoms with Gasteiger partial charge in [-0.15, -0.1) is 0 Å². The smallest absolute Gasteiger partial charge is 0.307 e. The summed E-state index contributed by atoms with van der Waals surface area (Å²) in [6, 6.07) is 0. The third-order valence-corrected chi connectivity index (χ3v) is 6.36. The van der Waals surface area contributed by atoms with E-state index in [1.54, 1.807) is 20.8 Å². The van der Waals surface area contributed by atoms with Crippen LogP contribution in [0.15, 0.2) is 0 Å². The van der Waals surface area contributed by atoms with Crippen LogP contribution in [-0.4, -0.2) is 39.8 Å². The molecule has 1 spiro atoms. The van der Waals surface area contributed by atoms with Crippen LogP contribution in [0, 0.1) is 16.7 Å². The highest BCUT2D eigenvalue weighted by atomic mass is 16.6. The van der Waals surface area contributed by atoms with E-state index >= 15 is 0 Å². The van der Waals surface area contributed by atoms with Crippen LogP contribution in [0.5, 0.6) is 0 Å². The molecule has 1 saturated heterocycles.